The summed E-state index contributed by atoms with van der Waals surface area (Å²) in [6, 6.07) is 0. The molecule has 0 aromatic carbocycles. The molecule has 0 spiro atoms. The number of hydrogen-bond acceptors (Lipinski definition) is 3. The van der Waals surface area contributed by atoms with Crippen molar-refractivity contribution in [2.75, 3.05) is 26.2 Å². The Kier molecular flexibility index (Phi) is 7.48. The second-order valence-electron chi connectivity index (χ2n) is 6.39. The van der Waals surface area contributed by atoms with E-state index in [0.717, 1.165) is 32.2 Å². The standard InChI is InChI=1S/C15H32N2O2S/c1-5-9-16-12-14(4)20(18,19)17-10-6-7-15(8-11-17)13(2)3/h13-16H,5-12H2,1-4H3. The molecule has 1 aliphatic rings. The van der Waals surface area contributed by atoms with Crippen LogP contribution in [0.4, 0.5) is 0 Å². The zero-order valence-corrected chi connectivity index (χ0v) is 14.4. The lowest BCUT2D eigenvalue weighted by atomic mass is 9.89. The summed E-state index contributed by atoms with van der Waals surface area (Å²) in [7, 11) is -3.14. The van der Waals surface area contributed by atoms with Crippen molar-refractivity contribution in [2.24, 2.45) is 11.8 Å². The van der Waals surface area contributed by atoms with Gasteiger partial charge in [-0.2, -0.15) is 0 Å². The Labute approximate surface area is 125 Å². The summed E-state index contributed by atoms with van der Waals surface area (Å²) in [5.74, 6) is 1.32. The first-order valence-electron chi connectivity index (χ1n) is 8.09. The Balaban J connectivity index is 2.58. The summed E-state index contributed by atoms with van der Waals surface area (Å²) in [5.41, 5.74) is 0. The molecule has 0 bridgehead atoms. The summed E-state index contributed by atoms with van der Waals surface area (Å²) in [4.78, 5) is 0. The Morgan fingerprint density at radius 3 is 2.50 bits per heavy atom. The average Bonchev–Trinajstić information content (AvgIpc) is 2.64. The largest absolute Gasteiger partial charge is 0.315 e. The Bertz CT molecular complexity index is 368. The molecule has 1 fully saturated rings. The molecule has 0 aromatic heterocycles. The number of hydrogen-bond donors (Lipinski definition) is 1. The Morgan fingerprint density at radius 1 is 1.20 bits per heavy atom. The molecule has 20 heavy (non-hydrogen) atoms. The molecule has 0 saturated carbocycles. The molecule has 0 aliphatic carbocycles. The number of nitrogens with one attached hydrogen (secondary N) is 1. The normalized spacial score (nSPS) is 23.8. The molecule has 0 aromatic rings. The summed E-state index contributed by atoms with van der Waals surface area (Å²) >= 11 is 0. The van der Waals surface area contributed by atoms with Crippen molar-refractivity contribution >= 4 is 10.0 Å². The van der Waals surface area contributed by atoms with Crippen molar-refractivity contribution in [1.82, 2.24) is 9.62 Å². The molecule has 1 rings (SSSR count). The molecule has 2 atom stereocenters. The van der Waals surface area contributed by atoms with E-state index in [1.54, 1.807) is 4.31 Å². The predicted octanol–water partition coefficient (Wildman–Crippen LogP) is 2.46. The van der Waals surface area contributed by atoms with Crippen molar-refractivity contribution in [1.29, 1.82) is 0 Å². The second kappa shape index (κ2) is 8.35. The molecule has 4 nitrogen and oxygen atoms in total. The molecular weight excluding hydrogens is 272 g/mol. The van der Waals surface area contributed by atoms with Gasteiger partial charge in [-0.05, 0) is 51.0 Å². The van der Waals surface area contributed by atoms with Gasteiger partial charge < -0.3 is 5.32 Å². The van der Waals surface area contributed by atoms with Crippen LogP contribution in [0.5, 0.6) is 0 Å². The van der Waals surface area contributed by atoms with Crippen LogP contribution < -0.4 is 5.32 Å². The fraction of sp³-hybridized carbons (Fsp3) is 1.00. The lowest BCUT2D eigenvalue weighted by Gasteiger charge is -2.25. The minimum absolute atomic E-state index is 0.329. The first-order chi connectivity index (χ1) is 9.39. The van der Waals surface area contributed by atoms with Gasteiger partial charge in [0.25, 0.3) is 0 Å². The van der Waals surface area contributed by atoms with Gasteiger partial charge in [-0.1, -0.05) is 20.8 Å². The zero-order valence-electron chi connectivity index (χ0n) is 13.6. The highest BCUT2D eigenvalue weighted by atomic mass is 32.2. The highest BCUT2D eigenvalue weighted by Crippen LogP contribution is 2.26. The summed E-state index contributed by atoms with van der Waals surface area (Å²) < 4.78 is 26.9. The molecular formula is C15H32N2O2S. The van der Waals surface area contributed by atoms with Crippen LogP contribution in [-0.2, 0) is 10.0 Å². The highest BCUT2D eigenvalue weighted by molar-refractivity contribution is 7.89. The Morgan fingerprint density at radius 2 is 1.90 bits per heavy atom. The molecule has 1 N–H and O–H groups in total. The van der Waals surface area contributed by atoms with Crippen molar-refractivity contribution < 1.29 is 8.42 Å². The van der Waals surface area contributed by atoms with Crippen molar-refractivity contribution in [3.63, 3.8) is 0 Å². The number of rotatable bonds is 7. The molecule has 120 valence electrons. The van der Waals surface area contributed by atoms with Crippen LogP contribution in [0.3, 0.4) is 0 Å². The zero-order chi connectivity index (χ0) is 15.2. The molecule has 2 unspecified atom stereocenters. The third kappa shape index (κ3) is 5.01. The molecule has 1 aliphatic heterocycles. The topological polar surface area (TPSA) is 49.4 Å². The first kappa shape index (κ1) is 17.9. The lowest BCUT2D eigenvalue weighted by Crippen LogP contribution is -2.42. The van der Waals surface area contributed by atoms with E-state index in [4.69, 9.17) is 0 Å². The van der Waals surface area contributed by atoms with Gasteiger partial charge in [-0.25, -0.2) is 12.7 Å². The van der Waals surface area contributed by atoms with Gasteiger partial charge in [0, 0.05) is 19.6 Å². The van der Waals surface area contributed by atoms with Crippen LogP contribution >= 0.6 is 0 Å². The average molecular weight is 305 g/mol. The van der Waals surface area contributed by atoms with Crippen molar-refractivity contribution in [2.45, 2.75) is 58.6 Å². The van der Waals surface area contributed by atoms with Crippen LogP contribution in [0.1, 0.15) is 53.4 Å². The summed E-state index contributed by atoms with van der Waals surface area (Å²) in [5, 5.41) is 2.89. The van der Waals surface area contributed by atoms with Crippen LogP contribution in [0, 0.1) is 11.8 Å². The van der Waals surface area contributed by atoms with Gasteiger partial charge in [-0.3, -0.25) is 0 Å². The molecule has 5 heteroatoms. The smallest absolute Gasteiger partial charge is 0.217 e. The maximum Gasteiger partial charge on any atom is 0.217 e. The molecule has 0 amide bonds. The quantitative estimate of drug-likeness (QED) is 0.735. The molecule has 1 heterocycles. The molecule has 1 saturated heterocycles. The highest BCUT2D eigenvalue weighted by Gasteiger charge is 2.30. The van der Waals surface area contributed by atoms with Gasteiger partial charge in [0.05, 0.1) is 5.25 Å². The Hall–Kier alpha value is -0.130. The van der Waals surface area contributed by atoms with Gasteiger partial charge in [0.15, 0.2) is 0 Å². The van der Waals surface area contributed by atoms with Crippen molar-refractivity contribution in [3.05, 3.63) is 0 Å². The maximum atomic E-state index is 12.6. The van der Waals surface area contributed by atoms with E-state index in [-0.39, 0.29) is 5.25 Å². The minimum Gasteiger partial charge on any atom is -0.315 e. The van der Waals surface area contributed by atoms with E-state index in [1.165, 1.54) is 0 Å². The summed E-state index contributed by atoms with van der Waals surface area (Å²) in [6.07, 6.45) is 4.20. The van der Waals surface area contributed by atoms with Crippen LogP contribution in [-0.4, -0.2) is 44.2 Å². The van der Waals surface area contributed by atoms with E-state index < -0.39 is 10.0 Å². The third-order valence-electron chi connectivity index (χ3n) is 4.40. The lowest BCUT2D eigenvalue weighted by molar-refractivity contribution is 0.340. The SMILES string of the molecule is CCCNCC(C)S(=O)(=O)N1CCCC(C(C)C)CC1. The third-order valence-corrected chi connectivity index (χ3v) is 6.67. The van der Waals surface area contributed by atoms with Gasteiger partial charge >= 0.3 is 0 Å². The van der Waals surface area contributed by atoms with E-state index in [1.807, 2.05) is 6.92 Å². The molecule has 0 radical (unpaired) electrons. The van der Waals surface area contributed by atoms with Gasteiger partial charge in [-0.15, -0.1) is 0 Å². The van der Waals surface area contributed by atoms with Crippen LogP contribution in [0.15, 0.2) is 0 Å². The summed E-state index contributed by atoms with van der Waals surface area (Å²) in [6.45, 7) is 11.2. The van der Waals surface area contributed by atoms with Crippen LogP contribution in [0.25, 0.3) is 0 Å². The van der Waals surface area contributed by atoms with E-state index in [9.17, 15) is 8.42 Å². The van der Waals surface area contributed by atoms with E-state index in [0.29, 0.717) is 31.5 Å². The van der Waals surface area contributed by atoms with Gasteiger partial charge in [0.1, 0.15) is 0 Å². The monoisotopic (exact) mass is 304 g/mol. The maximum absolute atomic E-state index is 12.6. The minimum atomic E-state index is -3.14. The predicted molar refractivity (Wildman–Crippen MR) is 85.3 cm³/mol. The van der Waals surface area contributed by atoms with Gasteiger partial charge in [0.2, 0.25) is 10.0 Å². The van der Waals surface area contributed by atoms with E-state index in [2.05, 4.69) is 26.1 Å². The van der Waals surface area contributed by atoms with Crippen molar-refractivity contribution in [3.8, 4) is 0 Å². The van der Waals surface area contributed by atoms with E-state index >= 15 is 0 Å². The fourth-order valence-corrected chi connectivity index (χ4v) is 4.44. The number of sulfonamides is 1. The van der Waals surface area contributed by atoms with Crippen LogP contribution in [0.2, 0.25) is 0 Å². The first-order valence-corrected chi connectivity index (χ1v) is 9.59. The second-order valence-corrected chi connectivity index (χ2v) is 8.74. The fourth-order valence-electron chi connectivity index (χ4n) is 2.86. The number of nitrogens with zero attached hydrogens (tertiary/aromatic N) is 1.